The molecule has 0 saturated heterocycles. The number of carboxylic acid groups (broad SMARTS) is 1. The SMILES string of the molecule is O=C(O)CNC(=O)c1ccc(-c2cc(F)cc(Cl)c2)o1. The predicted molar refractivity (Wildman–Crippen MR) is 69.1 cm³/mol. The second-order valence-corrected chi connectivity index (χ2v) is 4.33. The Balaban J connectivity index is 2.20. The first-order valence-electron chi connectivity index (χ1n) is 5.52. The van der Waals surface area contributed by atoms with Gasteiger partial charge in [-0.15, -0.1) is 0 Å². The quantitative estimate of drug-likeness (QED) is 0.909. The minimum absolute atomic E-state index is 0.0679. The van der Waals surface area contributed by atoms with Gasteiger partial charge in [-0.05, 0) is 30.3 Å². The molecule has 1 aromatic heterocycles. The number of hydrogen-bond donors (Lipinski definition) is 2. The van der Waals surface area contributed by atoms with E-state index >= 15 is 0 Å². The first-order chi connectivity index (χ1) is 9.45. The molecule has 0 fully saturated rings. The summed E-state index contributed by atoms with van der Waals surface area (Å²) in [5.41, 5.74) is 0.382. The van der Waals surface area contributed by atoms with E-state index in [0.29, 0.717) is 5.56 Å². The molecule has 0 aliphatic rings. The topological polar surface area (TPSA) is 79.5 Å². The Morgan fingerprint density at radius 3 is 2.70 bits per heavy atom. The zero-order valence-electron chi connectivity index (χ0n) is 10.0. The van der Waals surface area contributed by atoms with Gasteiger partial charge in [-0.2, -0.15) is 0 Å². The number of nitrogens with one attached hydrogen (secondary N) is 1. The first kappa shape index (κ1) is 14.1. The summed E-state index contributed by atoms with van der Waals surface area (Å²) in [4.78, 5) is 21.9. The largest absolute Gasteiger partial charge is 0.480 e. The fraction of sp³-hybridized carbons (Fsp3) is 0.0769. The number of halogens is 2. The second kappa shape index (κ2) is 5.75. The van der Waals surface area contributed by atoms with E-state index in [0.717, 1.165) is 6.07 Å². The van der Waals surface area contributed by atoms with Crippen LogP contribution in [0.2, 0.25) is 5.02 Å². The van der Waals surface area contributed by atoms with Crippen LogP contribution in [0, 0.1) is 5.82 Å². The summed E-state index contributed by atoms with van der Waals surface area (Å²) >= 11 is 5.73. The number of carbonyl (C=O) groups excluding carboxylic acids is 1. The lowest BCUT2D eigenvalue weighted by atomic mass is 10.2. The highest BCUT2D eigenvalue weighted by Gasteiger charge is 2.13. The second-order valence-electron chi connectivity index (χ2n) is 3.90. The van der Waals surface area contributed by atoms with Crippen LogP contribution < -0.4 is 5.32 Å². The Kier molecular flexibility index (Phi) is 4.05. The maximum Gasteiger partial charge on any atom is 0.322 e. The van der Waals surface area contributed by atoms with Crippen LogP contribution in [0.3, 0.4) is 0 Å². The molecule has 2 N–H and O–H groups in total. The summed E-state index contributed by atoms with van der Waals surface area (Å²) in [6.07, 6.45) is 0. The van der Waals surface area contributed by atoms with Crippen molar-refractivity contribution >= 4 is 23.5 Å². The molecule has 20 heavy (non-hydrogen) atoms. The number of aliphatic carboxylic acids is 1. The molecule has 2 rings (SSSR count). The van der Waals surface area contributed by atoms with Crippen LogP contribution in [0.4, 0.5) is 4.39 Å². The van der Waals surface area contributed by atoms with Crippen molar-refractivity contribution in [3.05, 3.63) is 46.9 Å². The van der Waals surface area contributed by atoms with Crippen molar-refractivity contribution in [2.45, 2.75) is 0 Å². The predicted octanol–water partition coefficient (Wildman–Crippen LogP) is 2.55. The lowest BCUT2D eigenvalue weighted by Gasteiger charge is -2.00. The number of hydrogen-bond acceptors (Lipinski definition) is 3. The Morgan fingerprint density at radius 2 is 2.05 bits per heavy atom. The van der Waals surface area contributed by atoms with E-state index in [1.54, 1.807) is 0 Å². The van der Waals surface area contributed by atoms with Crippen molar-refractivity contribution in [1.29, 1.82) is 0 Å². The average molecular weight is 298 g/mol. The molecule has 0 atom stereocenters. The molecule has 0 spiro atoms. The van der Waals surface area contributed by atoms with E-state index in [9.17, 15) is 14.0 Å². The van der Waals surface area contributed by atoms with Gasteiger partial charge in [-0.1, -0.05) is 11.6 Å². The molecule has 2 aromatic rings. The summed E-state index contributed by atoms with van der Waals surface area (Å²) < 4.78 is 18.5. The number of carboxylic acids is 1. The van der Waals surface area contributed by atoms with Gasteiger partial charge in [-0.25, -0.2) is 4.39 Å². The fourth-order valence-electron chi connectivity index (χ4n) is 1.55. The van der Waals surface area contributed by atoms with E-state index < -0.39 is 24.2 Å². The van der Waals surface area contributed by atoms with Gasteiger partial charge in [0.15, 0.2) is 5.76 Å². The maximum atomic E-state index is 13.2. The molecule has 0 aliphatic heterocycles. The smallest absolute Gasteiger partial charge is 0.322 e. The third-order valence-corrected chi connectivity index (χ3v) is 2.60. The van der Waals surface area contributed by atoms with E-state index in [4.69, 9.17) is 21.1 Å². The summed E-state index contributed by atoms with van der Waals surface area (Å²) in [5, 5.41) is 10.8. The molecule has 5 nitrogen and oxygen atoms in total. The van der Waals surface area contributed by atoms with Crippen LogP contribution in [0.1, 0.15) is 10.6 Å². The van der Waals surface area contributed by atoms with Crippen LogP contribution >= 0.6 is 11.6 Å². The number of benzene rings is 1. The summed E-state index contributed by atoms with van der Waals surface area (Å²) in [5.74, 6) is -2.17. The molecule has 0 unspecified atom stereocenters. The zero-order chi connectivity index (χ0) is 14.7. The highest BCUT2D eigenvalue weighted by molar-refractivity contribution is 6.30. The number of carbonyl (C=O) groups is 2. The van der Waals surface area contributed by atoms with Gasteiger partial charge in [0.2, 0.25) is 0 Å². The molecule has 7 heteroatoms. The molecular formula is C13H9ClFNO4. The fourth-order valence-corrected chi connectivity index (χ4v) is 1.78. The van der Waals surface area contributed by atoms with Crippen molar-refractivity contribution in [2.24, 2.45) is 0 Å². The van der Waals surface area contributed by atoms with Gasteiger partial charge in [0.25, 0.3) is 5.91 Å². The van der Waals surface area contributed by atoms with Gasteiger partial charge in [0.1, 0.15) is 18.1 Å². The average Bonchev–Trinajstić information content (AvgIpc) is 2.84. The highest BCUT2D eigenvalue weighted by atomic mass is 35.5. The maximum absolute atomic E-state index is 13.2. The molecular weight excluding hydrogens is 289 g/mol. The Labute approximate surface area is 118 Å². The zero-order valence-corrected chi connectivity index (χ0v) is 10.8. The lowest BCUT2D eigenvalue weighted by Crippen LogP contribution is -2.28. The standard InChI is InChI=1S/C13H9ClFNO4/c14-8-3-7(4-9(15)5-8)10-1-2-11(20-10)13(19)16-6-12(17)18/h1-5H,6H2,(H,16,19)(H,17,18). The first-order valence-corrected chi connectivity index (χ1v) is 5.90. The van der Waals surface area contributed by atoms with Gasteiger partial charge in [0.05, 0.1) is 0 Å². The Bertz CT molecular complexity index is 648. The van der Waals surface area contributed by atoms with Crippen LogP contribution in [0.25, 0.3) is 11.3 Å². The highest BCUT2D eigenvalue weighted by Crippen LogP contribution is 2.26. The molecule has 1 amide bonds. The third kappa shape index (κ3) is 3.36. The number of furan rings is 1. The molecule has 104 valence electrons. The van der Waals surface area contributed by atoms with Gasteiger partial charge >= 0.3 is 5.97 Å². The van der Waals surface area contributed by atoms with Crippen LogP contribution in [-0.4, -0.2) is 23.5 Å². The van der Waals surface area contributed by atoms with E-state index in [2.05, 4.69) is 5.32 Å². The van der Waals surface area contributed by atoms with Crippen LogP contribution in [0.5, 0.6) is 0 Å². The van der Waals surface area contributed by atoms with E-state index in [-0.39, 0.29) is 16.5 Å². The molecule has 0 saturated carbocycles. The normalized spacial score (nSPS) is 10.3. The summed E-state index contributed by atoms with van der Waals surface area (Å²) in [6, 6.07) is 6.69. The molecule has 1 aromatic carbocycles. The van der Waals surface area contributed by atoms with Crippen molar-refractivity contribution in [3.63, 3.8) is 0 Å². The minimum atomic E-state index is -1.16. The van der Waals surface area contributed by atoms with Crippen LogP contribution in [0.15, 0.2) is 34.7 Å². The molecule has 0 aliphatic carbocycles. The monoisotopic (exact) mass is 297 g/mol. The van der Waals surface area contributed by atoms with Crippen molar-refractivity contribution in [2.75, 3.05) is 6.54 Å². The summed E-state index contributed by atoms with van der Waals surface area (Å²) in [6.45, 7) is -0.513. The lowest BCUT2D eigenvalue weighted by molar-refractivity contribution is -0.135. The van der Waals surface area contributed by atoms with E-state index in [1.165, 1.54) is 24.3 Å². The molecule has 1 heterocycles. The van der Waals surface area contributed by atoms with Gasteiger partial charge in [0, 0.05) is 10.6 Å². The van der Waals surface area contributed by atoms with Crippen molar-refractivity contribution in [3.8, 4) is 11.3 Å². The Hall–Kier alpha value is -2.34. The Morgan fingerprint density at radius 1 is 1.30 bits per heavy atom. The van der Waals surface area contributed by atoms with E-state index in [1.807, 2.05) is 0 Å². The number of amides is 1. The van der Waals surface area contributed by atoms with Crippen molar-refractivity contribution < 1.29 is 23.5 Å². The molecule has 0 bridgehead atoms. The number of rotatable bonds is 4. The van der Waals surface area contributed by atoms with Gasteiger partial charge in [-0.3, -0.25) is 9.59 Å². The van der Waals surface area contributed by atoms with Crippen molar-refractivity contribution in [1.82, 2.24) is 5.32 Å². The molecule has 0 radical (unpaired) electrons. The van der Waals surface area contributed by atoms with Crippen LogP contribution in [-0.2, 0) is 4.79 Å². The van der Waals surface area contributed by atoms with Gasteiger partial charge < -0.3 is 14.8 Å². The minimum Gasteiger partial charge on any atom is -0.480 e. The summed E-state index contributed by atoms with van der Waals surface area (Å²) in [7, 11) is 0. The third-order valence-electron chi connectivity index (χ3n) is 2.38.